The molecule has 5 heteroatoms. The first kappa shape index (κ1) is 14.4. The fraction of sp³-hybridized carbons (Fsp3) is 0.400. The van der Waals surface area contributed by atoms with Crippen LogP contribution in [0.2, 0.25) is 0 Å². The van der Waals surface area contributed by atoms with E-state index in [-0.39, 0.29) is 0 Å². The molecule has 0 atom stereocenters. The molecule has 2 nitrogen and oxygen atoms in total. The number of nitrogens with zero attached hydrogens (tertiary/aromatic N) is 2. The van der Waals surface area contributed by atoms with Gasteiger partial charge in [-0.2, -0.15) is 11.8 Å². The molecule has 0 spiro atoms. The summed E-state index contributed by atoms with van der Waals surface area (Å²) < 4.78 is 0. The SMILES string of the molecule is ClCc1csc(-c2cccc(CN3CCSCC3)c2)n1. The Morgan fingerprint density at radius 2 is 2.10 bits per heavy atom. The van der Waals surface area contributed by atoms with Crippen LogP contribution in [-0.4, -0.2) is 34.5 Å². The summed E-state index contributed by atoms with van der Waals surface area (Å²) in [7, 11) is 0. The minimum absolute atomic E-state index is 0.488. The van der Waals surface area contributed by atoms with Gasteiger partial charge in [-0.05, 0) is 11.6 Å². The molecule has 1 aliphatic rings. The maximum absolute atomic E-state index is 5.82. The summed E-state index contributed by atoms with van der Waals surface area (Å²) >= 11 is 9.54. The summed E-state index contributed by atoms with van der Waals surface area (Å²) in [6.07, 6.45) is 0. The number of aromatic nitrogens is 1. The van der Waals surface area contributed by atoms with Crippen molar-refractivity contribution in [2.75, 3.05) is 24.6 Å². The molecular formula is C15H17ClN2S2. The van der Waals surface area contributed by atoms with Crippen molar-refractivity contribution >= 4 is 34.7 Å². The monoisotopic (exact) mass is 324 g/mol. The van der Waals surface area contributed by atoms with Gasteiger partial charge in [0, 0.05) is 42.1 Å². The van der Waals surface area contributed by atoms with Crippen LogP contribution in [0.25, 0.3) is 10.6 Å². The number of thioether (sulfide) groups is 1. The highest BCUT2D eigenvalue weighted by atomic mass is 35.5. The molecule has 0 aliphatic carbocycles. The Labute approximate surface area is 133 Å². The van der Waals surface area contributed by atoms with E-state index in [4.69, 9.17) is 11.6 Å². The third-order valence-electron chi connectivity index (χ3n) is 3.37. The molecule has 0 N–H and O–H groups in total. The normalized spacial score (nSPS) is 16.4. The summed E-state index contributed by atoms with van der Waals surface area (Å²) in [6.45, 7) is 3.44. The van der Waals surface area contributed by atoms with E-state index in [1.807, 2.05) is 5.38 Å². The van der Waals surface area contributed by atoms with Crippen molar-refractivity contribution in [2.24, 2.45) is 0 Å². The van der Waals surface area contributed by atoms with Gasteiger partial charge >= 0.3 is 0 Å². The minimum atomic E-state index is 0.488. The third kappa shape index (κ3) is 3.55. The number of rotatable bonds is 4. The predicted octanol–water partition coefficient (Wildman–Crippen LogP) is 4.10. The maximum Gasteiger partial charge on any atom is 0.123 e. The van der Waals surface area contributed by atoms with Gasteiger partial charge in [0.25, 0.3) is 0 Å². The molecular weight excluding hydrogens is 308 g/mol. The summed E-state index contributed by atoms with van der Waals surface area (Å²) in [5.41, 5.74) is 3.54. The number of hydrogen-bond acceptors (Lipinski definition) is 4. The van der Waals surface area contributed by atoms with Gasteiger partial charge < -0.3 is 0 Å². The molecule has 106 valence electrons. The largest absolute Gasteiger partial charge is 0.297 e. The molecule has 0 bridgehead atoms. The number of halogens is 1. The van der Waals surface area contributed by atoms with Crippen molar-refractivity contribution in [2.45, 2.75) is 12.4 Å². The molecule has 3 rings (SSSR count). The van der Waals surface area contributed by atoms with Gasteiger partial charge in [-0.15, -0.1) is 22.9 Å². The van der Waals surface area contributed by atoms with Crippen molar-refractivity contribution in [1.82, 2.24) is 9.88 Å². The first-order chi connectivity index (χ1) is 9.85. The Morgan fingerprint density at radius 1 is 1.25 bits per heavy atom. The van der Waals surface area contributed by atoms with Crippen LogP contribution >= 0.6 is 34.7 Å². The van der Waals surface area contributed by atoms with Crippen LogP contribution in [0.5, 0.6) is 0 Å². The van der Waals surface area contributed by atoms with Crippen LogP contribution in [0.15, 0.2) is 29.6 Å². The van der Waals surface area contributed by atoms with E-state index in [1.54, 1.807) is 11.3 Å². The third-order valence-corrected chi connectivity index (χ3v) is 5.53. The number of thiazole rings is 1. The van der Waals surface area contributed by atoms with Crippen molar-refractivity contribution in [1.29, 1.82) is 0 Å². The van der Waals surface area contributed by atoms with E-state index in [2.05, 4.69) is 45.9 Å². The molecule has 0 saturated carbocycles. The second-order valence-electron chi connectivity index (χ2n) is 4.87. The average molecular weight is 325 g/mol. The van der Waals surface area contributed by atoms with Gasteiger partial charge in [-0.1, -0.05) is 18.2 Å². The molecule has 1 aromatic carbocycles. The van der Waals surface area contributed by atoms with Gasteiger partial charge in [-0.25, -0.2) is 4.98 Å². The first-order valence-corrected chi connectivity index (χ1v) is 9.32. The Bertz CT molecular complexity index is 565. The van der Waals surface area contributed by atoms with Crippen LogP contribution in [0.1, 0.15) is 11.3 Å². The lowest BCUT2D eigenvalue weighted by atomic mass is 10.1. The minimum Gasteiger partial charge on any atom is -0.297 e. The number of hydrogen-bond donors (Lipinski definition) is 0. The summed E-state index contributed by atoms with van der Waals surface area (Å²) in [4.78, 5) is 7.09. The highest BCUT2D eigenvalue weighted by molar-refractivity contribution is 7.99. The maximum atomic E-state index is 5.82. The zero-order chi connectivity index (χ0) is 13.8. The zero-order valence-corrected chi connectivity index (χ0v) is 13.6. The number of alkyl halides is 1. The zero-order valence-electron chi connectivity index (χ0n) is 11.2. The standard InChI is InChI=1S/C15H17ClN2S2/c16-9-14-11-20-15(17-14)13-3-1-2-12(8-13)10-18-4-6-19-7-5-18/h1-3,8,11H,4-7,9-10H2. The molecule has 1 aliphatic heterocycles. The molecule has 1 saturated heterocycles. The predicted molar refractivity (Wildman–Crippen MR) is 89.7 cm³/mol. The van der Waals surface area contributed by atoms with Crippen molar-refractivity contribution in [3.63, 3.8) is 0 Å². The Hall–Kier alpha value is -0.550. The molecule has 1 fully saturated rings. The quantitative estimate of drug-likeness (QED) is 0.788. The Morgan fingerprint density at radius 3 is 2.85 bits per heavy atom. The Kier molecular flexibility index (Phi) is 4.99. The molecule has 0 unspecified atom stereocenters. The summed E-state index contributed by atoms with van der Waals surface area (Å²) in [6, 6.07) is 8.73. The van der Waals surface area contributed by atoms with Crippen LogP contribution in [0, 0.1) is 0 Å². The second-order valence-corrected chi connectivity index (χ2v) is 7.22. The van der Waals surface area contributed by atoms with E-state index in [0.29, 0.717) is 5.88 Å². The molecule has 1 aromatic heterocycles. The van der Waals surface area contributed by atoms with E-state index in [1.165, 1.54) is 35.7 Å². The fourth-order valence-electron chi connectivity index (χ4n) is 2.32. The van der Waals surface area contributed by atoms with Gasteiger partial charge in [0.05, 0.1) is 11.6 Å². The average Bonchev–Trinajstić information content (AvgIpc) is 2.98. The lowest BCUT2D eigenvalue weighted by Gasteiger charge is -2.26. The van der Waals surface area contributed by atoms with Crippen LogP contribution in [0.3, 0.4) is 0 Å². The van der Waals surface area contributed by atoms with Crippen LogP contribution in [-0.2, 0) is 12.4 Å². The van der Waals surface area contributed by atoms with Crippen molar-refractivity contribution < 1.29 is 0 Å². The highest BCUT2D eigenvalue weighted by Crippen LogP contribution is 2.25. The molecule has 0 amide bonds. The summed E-state index contributed by atoms with van der Waals surface area (Å²) in [5, 5.41) is 3.10. The lowest BCUT2D eigenvalue weighted by molar-refractivity contribution is 0.294. The van der Waals surface area contributed by atoms with Gasteiger partial charge in [0.15, 0.2) is 0 Å². The molecule has 2 aromatic rings. The topological polar surface area (TPSA) is 16.1 Å². The van der Waals surface area contributed by atoms with E-state index < -0.39 is 0 Å². The highest BCUT2D eigenvalue weighted by Gasteiger charge is 2.11. The molecule has 2 heterocycles. The van der Waals surface area contributed by atoms with Gasteiger partial charge in [-0.3, -0.25) is 4.90 Å². The second kappa shape index (κ2) is 6.94. The van der Waals surface area contributed by atoms with Crippen molar-refractivity contribution in [3.8, 4) is 10.6 Å². The first-order valence-electron chi connectivity index (χ1n) is 6.75. The van der Waals surface area contributed by atoms with E-state index >= 15 is 0 Å². The number of benzene rings is 1. The van der Waals surface area contributed by atoms with Gasteiger partial charge in [0.2, 0.25) is 0 Å². The summed E-state index contributed by atoms with van der Waals surface area (Å²) in [5.74, 6) is 3.00. The van der Waals surface area contributed by atoms with E-state index in [9.17, 15) is 0 Å². The molecule has 20 heavy (non-hydrogen) atoms. The fourth-order valence-corrected chi connectivity index (χ4v) is 4.34. The van der Waals surface area contributed by atoms with E-state index in [0.717, 1.165) is 17.2 Å². The smallest absolute Gasteiger partial charge is 0.123 e. The van der Waals surface area contributed by atoms with Crippen LogP contribution < -0.4 is 0 Å². The molecule has 0 radical (unpaired) electrons. The van der Waals surface area contributed by atoms with Gasteiger partial charge in [0.1, 0.15) is 5.01 Å². The lowest BCUT2D eigenvalue weighted by Crippen LogP contribution is -2.31. The Balaban J connectivity index is 1.74. The van der Waals surface area contributed by atoms with Crippen molar-refractivity contribution in [3.05, 3.63) is 40.9 Å². The van der Waals surface area contributed by atoms with Crippen LogP contribution in [0.4, 0.5) is 0 Å².